The number of hydrogen-bond acceptors (Lipinski definition) is 5. The van der Waals surface area contributed by atoms with E-state index < -0.39 is 5.97 Å². The number of rotatable bonds is 8. The Morgan fingerprint density at radius 3 is 2.28 bits per heavy atom. The SMILES string of the molecule is O=Cc1cc(Cl)cc(Cl)c1OC(=O)c1cccc(OCCOc2ccccc2)c1. The molecule has 0 aliphatic heterocycles. The first-order chi connectivity index (χ1) is 14.1. The molecule has 0 radical (unpaired) electrons. The lowest BCUT2D eigenvalue weighted by Crippen LogP contribution is -2.12. The molecule has 0 fully saturated rings. The second kappa shape index (κ2) is 9.96. The van der Waals surface area contributed by atoms with Gasteiger partial charge < -0.3 is 14.2 Å². The number of aldehydes is 1. The van der Waals surface area contributed by atoms with Gasteiger partial charge in [-0.15, -0.1) is 0 Å². The number of esters is 1. The zero-order chi connectivity index (χ0) is 20.6. The second-order valence-electron chi connectivity index (χ2n) is 5.85. The van der Waals surface area contributed by atoms with Crippen molar-refractivity contribution in [3.05, 3.63) is 87.9 Å². The molecule has 0 saturated heterocycles. The van der Waals surface area contributed by atoms with E-state index in [1.807, 2.05) is 30.3 Å². The maximum Gasteiger partial charge on any atom is 0.343 e. The first-order valence-corrected chi connectivity index (χ1v) is 9.39. The van der Waals surface area contributed by atoms with Crippen molar-refractivity contribution < 1.29 is 23.8 Å². The van der Waals surface area contributed by atoms with Gasteiger partial charge >= 0.3 is 5.97 Å². The fourth-order valence-corrected chi connectivity index (χ4v) is 3.02. The van der Waals surface area contributed by atoms with Crippen molar-refractivity contribution in [2.24, 2.45) is 0 Å². The van der Waals surface area contributed by atoms with Crippen LogP contribution in [0, 0.1) is 0 Å². The van der Waals surface area contributed by atoms with Gasteiger partial charge in [0.05, 0.1) is 16.1 Å². The van der Waals surface area contributed by atoms with E-state index in [1.165, 1.54) is 18.2 Å². The van der Waals surface area contributed by atoms with Gasteiger partial charge in [-0.25, -0.2) is 4.79 Å². The highest BCUT2D eigenvalue weighted by Crippen LogP contribution is 2.32. The molecular weight excluding hydrogens is 415 g/mol. The molecule has 0 N–H and O–H groups in total. The van der Waals surface area contributed by atoms with E-state index in [-0.39, 0.29) is 26.9 Å². The Morgan fingerprint density at radius 1 is 0.862 bits per heavy atom. The zero-order valence-corrected chi connectivity index (χ0v) is 16.7. The fourth-order valence-electron chi connectivity index (χ4n) is 2.48. The van der Waals surface area contributed by atoms with E-state index in [0.29, 0.717) is 25.2 Å². The first-order valence-electron chi connectivity index (χ1n) is 8.64. The van der Waals surface area contributed by atoms with Crippen LogP contribution in [-0.2, 0) is 0 Å². The highest BCUT2D eigenvalue weighted by Gasteiger charge is 2.16. The van der Waals surface area contributed by atoms with Crippen LogP contribution in [0.4, 0.5) is 0 Å². The molecular formula is C22H16Cl2O5. The van der Waals surface area contributed by atoms with Gasteiger partial charge in [-0.05, 0) is 42.5 Å². The minimum absolute atomic E-state index is 0.0429. The van der Waals surface area contributed by atoms with E-state index in [2.05, 4.69) is 0 Å². The third-order valence-electron chi connectivity index (χ3n) is 3.79. The minimum Gasteiger partial charge on any atom is -0.490 e. The Hall–Kier alpha value is -3.02. The summed E-state index contributed by atoms with van der Waals surface area (Å²) in [6.07, 6.45) is 0.520. The molecule has 0 aliphatic rings. The third-order valence-corrected chi connectivity index (χ3v) is 4.29. The van der Waals surface area contributed by atoms with E-state index in [4.69, 9.17) is 37.4 Å². The number of benzene rings is 3. The van der Waals surface area contributed by atoms with Crippen LogP contribution in [0.5, 0.6) is 17.2 Å². The summed E-state index contributed by atoms with van der Waals surface area (Å²) in [5, 5.41) is 0.337. The molecule has 7 heteroatoms. The molecule has 0 spiro atoms. The number of carbonyl (C=O) groups is 2. The average molecular weight is 431 g/mol. The molecule has 5 nitrogen and oxygen atoms in total. The van der Waals surface area contributed by atoms with Gasteiger partial charge in [0, 0.05) is 5.02 Å². The van der Waals surface area contributed by atoms with E-state index in [0.717, 1.165) is 5.75 Å². The first kappa shape index (κ1) is 20.7. The Labute approximate surface area is 177 Å². The number of hydrogen-bond donors (Lipinski definition) is 0. The number of ether oxygens (including phenoxy) is 3. The predicted octanol–water partition coefficient (Wildman–Crippen LogP) is 5.48. The van der Waals surface area contributed by atoms with Gasteiger partial charge in [0.2, 0.25) is 0 Å². The topological polar surface area (TPSA) is 61.8 Å². The van der Waals surface area contributed by atoms with Crippen molar-refractivity contribution in [2.75, 3.05) is 13.2 Å². The molecule has 3 rings (SSSR count). The predicted molar refractivity (Wildman–Crippen MR) is 111 cm³/mol. The Kier molecular flexibility index (Phi) is 7.11. The molecule has 0 unspecified atom stereocenters. The van der Waals surface area contributed by atoms with Crippen molar-refractivity contribution in [1.82, 2.24) is 0 Å². The standard InChI is InChI=1S/C22H16Cl2O5/c23-17-11-16(14-25)21(20(24)13-17)29-22(26)15-5-4-8-19(12-15)28-10-9-27-18-6-2-1-3-7-18/h1-8,11-14H,9-10H2. The lowest BCUT2D eigenvalue weighted by Gasteiger charge is -2.11. The van der Waals surface area contributed by atoms with Crippen molar-refractivity contribution in [2.45, 2.75) is 0 Å². The summed E-state index contributed by atoms with van der Waals surface area (Å²) < 4.78 is 16.5. The summed E-state index contributed by atoms with van der Waals surface area (Å²) in [6, 6.07) is 18.6. The van der Waals surface area contributed by atoms with Crippen molar-refractivity contribution in [3.63, 3.8) is 0 Å². The normalized spacial score (nSPS) is 10.3. The van der Waals surface area contributed by atoms with Gasteiger partial charge in [0.1, 0.15) is 24.7 Å². The molecule has 0 atom stereocenters. The van der Waals surface area contributed by atoms with E-state index in [1.54, 1.807) is 18.2 Å². The summed E-state index contributed by atoms with van der Waals surface area (Å²) >= 11 is 11.9. The van der Waals surface area contributed by atoms with Crippen LogP contribution in [-0.4, -0.2) is 25.5 Å². The van der Waals surface area contributed by atoms with Crippen LogP contribution in [0.25, 0.3) is 0 Å². The third kappa shape index (κ3) is 5.73. The van der Waals surface area contributed by atoms with Crippen LogP contribution in [0.3, 0.4) is 0 Å². The molecule has 0 amide bonds. The smallest absolute Gasteiger partial charge is 0.343 e. The molecule has 0 heterocycles. The summed E-state index contributed by atoms with van der Waals surface area (Å²) in [5.41, 5.74) is 0.329. The fraction of sp³-hybridized carbons (Fsp3) is 0.0909. The van der Waals surface area contributed by atoms with Gasteiger partial charge in [-0.2, -0.15) is 0 Å². The number of carbonyl (C=O) groups excluding carboxylic acids is 2. The van der Waals surface area contributed by atoms with E-state index in [9.17, 15) is 9.59 Å². The second-order valence-corrected chi connectivity index (χ2v) is 6.69. The molecule has 29 heavy (non-hydrogen) atoms. The molecule has 0 aliphatic carbocycles. The maximum atomic E-state index is 12.5. The summed E-state index contributed by atoms with van der Waals surface area (Å²) in [7, 11) is 0. The van der Waals surface area contributed by atoms with E-state index >= 15 is 0 Å². The summed E-state index contributed by atoms with van der Waals surface area (Å²) in [4.78, 5) is 23.7. The lowest BCUT2D eigenvalue weighted by molar-refractivity contribution is 0.0733. The van der Waals surface area contributed by atoms with Crippen molar-refractivity contribution >= 4 is 35.5 Å². The molecule has 0 saturated carbocycles. The Bertz CT molecular complexity index is 1010. The monoisotopic (exact) mass is 430 g/mol. The summed E-state index contributed by atoms with van der Waals surface area (Å²) in [5.74, 6) is 0.509. The molecule has 148 valence electrons. The van der Waals surface area contributed by atoms with Gasteiger partial charge in [-0.3, -0.25) is 4.79 Å². The van der Waals surface area contributed by atoms with Crippen molar-refractivity contribution in [1.29, 1.82) is 0 Å². The van der Waals surface area contributed by atoms with Crippen LogP contribution in [0.2, 0.25) is 10.0 Å². The Balaban J connectivity index is 1.62. The number of halogens is 2. The van der Waals surface area contributed by atoms with Gasteiger partial charge in [0.25, 0.3) is 0 Å². The minimum atomic E-state index is -0.677. The van der Waals surface area contributed by atoms with Crippen molar-refractivity contribution in [3.8, 4) is 17.2 Å². The lowest BCUT2D eigenvalue weighted by atomic mass is 10.2. The zero-order valence-electron chi connectivity index (χ0n) is 15.1. The quantitative estimate of drug-likeness (QED) is 0.205. The largest absolute Gasteiger partial charge is 0.490 e. The van der Waals surface area contributed by atoms with Crippen LogP contribution in [0.1, 0.15) is 20.7 Å². The highest BCUT2D eigenvalue weighted by atomic mass is 35.5. The van der Waals surface area contributed by atoms with Gasteiger partial charge in [-0.1, -0.05) is 47.5 Å². The van der Waals surface area contributed by atoms with Crippen LogP contribution < -0.4 is 14.2 Å². The number of para-hydroxylation sites is 1. The van der Waals surface area contributed by atoms with Crippen LogP contribution in [0.15, 0.2) is 66.7 Å². The Morgan fingerprint density at radius 2 is 1.55 bits per heavy atom. The summed E-state index contributed by atoms with van der Waals surface area (Å²) in [6.45, 7) is 0.646. The van der Waals surface area contributed by atoms with Gasteiger partial charge in [0.15, 0.2) is 12.0 Å². The molecule has 3 aromatic carbocycles. The molecule has 0 bridgehead atoms. The average Bonchev–Trinajstić information content (AvgIpc) is 2.73. The highest BCUT2D eigenvalue weighted by molar-refractivity contribution is 6.36. The molecule has 3 aromatic rings. The molecule has 0 aromatic heterocycles. The van der Waals surface area contributed by atoms with Crippen LogP contribution >= 0.6 is 23.2 Å². The maximum absolute atomic E-state index is 12.5.